The van der Waals surface area contributed by atoms with Crippen molar-refractivity contribution in [2.75, 3.05) is 172 Å². The molecule has 0 aromatic carbocycles. The third-order valence-corrected chi connectivity index (χ3v) is 31.3. The number of aryl methyl sites for hydroxylation is 6. The molecular weight excluding hydrogens is 2160 g/mol. The van der Waals surface area contributed by atoms with Gasteiger partial charge in [0.1, 0.15) is 148 Å². The minimum absolute atomic E-state index is 0.000159. The topological polar surface area (TPSA) is 735 Å². The number of aromatic amines is 3. The Balaban J connectivity index is 0.851. The van der Waals surface area contributed by atoms with Crippen molar-refractivity contribution in [2.45, 2.75) is 202 Å². The molecule has 11 unspecified atom stereocenters. The molecule has 58 nitrogen and oxygen atoms in total. The van der Waals surface area contributed by atoms with Crippen molar-refractivity contribution >= 4 is 111 Å². The summed E-state index contributed by atoms with van der Waals surface area (Å²) in [5.41, 5.74) is 10.4. The van der Waals surface area contributed by atoms with Gasteiger partial charge in [0.25, 0.3) is 16.7 Å². The number of nitrogens with one attached hydrogen (secondary N) is 3. The first-order chi connectivity index (χ1) is 69.6. The number of nitrogen functional groups attached to an aromatic ring is 3. The van der Waals surface area contributed by atoms with Crippen molar-refractivity contribution in [3.8, 4) is 0 Å². The van der Waals surface area contributed by atoms with Crippen LogP contribution in [-0.4, -0.2) is 327 Å². The van der Waals surface area contributed by atoms with Crippen molar-refractivity contribution in [3.05, 3.63) is 165 Å². The van der Waals surface area contributed by atoms with Gasteiger partial charge >= 0.3 is 34.1 Å². The van der Waals surface area contributed by atoms with Gasteiger partial charge < -0.3 is 185 Å². The average Bonchev–Trinajstić information content (AvgIpc) is 1.58. The Morgan fingerprint density at radius 1 is 0.340 bits per heavy atom. The zero-order chi connectivity index (χ0) is 107. The lowest BCUT2D eigenvalue weighted by atomic mass is 10.1. The molecule has 12 heterocycles. The predicted octanol–water partition coefficient (Wildman–Crippen LogP) is -4.65. The van der Waals surface area contributed by atoms with Gasteiger partial charge in [0.2, 0.25) is 0 Å². The van der Waals surface area contributed by atoms with Crippen LogP contribution in [0.3, 0.4) is 0 Å². The minimum atomic E-state index is -5.41. The molecule has 6 aromatic heterocycles. The molecule has 147 heavy (non-hydrogen) atoms. The van der Waals surface area contributed by atoms with Crippen LogP contribution in [-0.2, 0) is 195 Å². The first-order valence-electron chi connectivity index (χ1n) is 45.1. The summed E-state index contributed by atoms with van der Waals surface area (Å²) in [7, 11) is 8.03. The second-order valence-electron chi connectivity index (χ2n) is 33.8. The fourth-order valence-corrected chi connectivity index (χ4v) is 23.4. The number of aliphatic hydroxyl groups is 1. The van der Waals surface area contributed by atoms with Crippen molar-refractivity contribution in [1.82, 2.24) is 57.3 Å². The summed E-state index contributed by atoms with van der Waals surface area (Å²) in [6.07, 6.45) is -32.7. The highest BCUT2D eigenvalue weighted by Gasteiger charge is 2.57. The number of aromatic nitrogens is 12. The lowest BCUT2D eigenvalue weighted by Gasteiger charge is -2.38. The lowest BCUT2D eigenvalue weighted by molar-refractivity contribution is -0.224. The Bertz CT molecular complexity index is 6350. The van der Waals surface area contributed by atoms with E-state index >= 15 is 14.4 Å². The molecule has 29 atom stereocenters. The Labute approximate surface area is 861 Å². The maximum absolute atomic E-state index is 15.7. The molecule has 6 aliphatic heterocycles. The van der Waals surface area contributed by atoms with Crippen LogP contribution in [0.2, 0.25) is 0 Å². The molecule has 68 heteroatoms. The van der Waals surface area contributed by atoms with E-state index in [0.29, 0.717) is 5.56 Å². The molecule has 0 spiro atoms. The maximum atomic E-state index is 15.7. The highest BCUT2D eigenvalue weighted by atomic mass is 32.7. The van der Waals surface area contributed by atoms with E-state index in [9.17, 15) is 58.0 Å². The number of H-pyrrole nitrogens is 3. The molecule has 0 radical (unpaired) electrons. The molecule has 12 rings (SSSR count). The van der Waals surface area contributed by atoms with Gasteiger partial charge in [0.05, 0.1) is 118 Å². The minimum Gasteiger partial charge on any atom is -0.780 e. The van der Waals surface area contributed by atoms with Crippen LogP contribution in [0.15, 0.2) is 80.3 Å². The van der Waals surface area contributed by atoms with Crippen molar-refractivity contribution in [3.63, 3.8) is 0 Å². The van der Waals surface area contributed by atoms with E-state index in [4.69, 9.17) is 207 Å². The van der Waals surface area contributed by atoms with Gasteiger partial charge in [-0.25, -0.2) is 28.8 Å². The van der Waals surface area contributed by atoms with E-state index in [1.807, 2.05) is 0 Å². The molecule has 0 amide bonds. The molecule has 0 bridgehead atoms. The third kappa shape index (κ3) is 30.2. The van der Waals surface area contributed by atoms with Gasteiger partial charge in [-0.15, -0.1) is 0 Å². The van der Waals surface area contributed by atoms with Crippen LogP contribution < -0.4 is 87.6 Å². The SMILES string of the molecule is CC[C@H]1O[C@@H](n2cc(C)c(N)nc2=O)C(OCCOC)[C@H]1OP([O-])(=S)OC[C@H]1O[C@@H](n2cc(C)c(=O)[nH]c2=O)C(OCCOC)[C@H]1OP(=O)([S-])OC[C@H]1O[C@@H](n2cc(C)c(=O)[nH]c2=O)C(OCCOC)[C@H]1OP([O-])(=S)OC[C@H]1O[C@@H](n2cc(C)c(N)nc2=O)C(OCCOC)[C@H]1OP([O-])(=S)OC[C@H]1O[C@@H](n2cc(C)c(N)nc2=O)C(OCCOC)[C@H]1OP([O-])(=S)OC[C@H]1O[C@@H](n2cc(C)c(=O)[nH]c2=O)C(OCCOC)[C@H]1O. The highest BCUT2D eigenvalue weighted by Crippen LogP contribution is 2.56. The maximum Gasteiger partial charge on any atom is 0.351 e. The van der Waals surface area contributed by atoms with E-state index in [0.717, 1.165) is 46.0 Å². The summed E-state index contributed by atoms with van der Waals surface area (Å²) in [6, 6.07) is 0. The number of methoxy groups -OCH3 is 6. The number of hydrogen-bond donors (Lipinski definition) is 7. The molecule has 0 saturated carbocycles. The summed E-state index contributed by atoms with van der Waals surface area (Å²) in [4.78, 5) is 201. The Morgan fingerprint density at radius 2 is 0.558 bits per heavy atom. The smallest absolute Gasteiger partial charge is 0.351 e. The van der Waals surface area contributed by atoms with Gasteiger partial charge in [-0.2, -0.15) is 15.0 Å². The van der Waals surface area contributed by atoms with Crippen LogP contribution in [0, 0.1) is 41.5 Å². The van der Waals surface area contributed by atoms with Gasteiger partial charge in [-0.1, -0.05) is 54.2 Å². The first-order valence-corrected chi connectivity index (χ1v) is 57.8. The zero-order valence-electron chi connectivity index (χ0n) is 81.2. The molecule has 824 valence electrons. The van der Waals surface area contributed by atoms with Crippen LogP contribution in [0.25, 0.3) is 0 Å². The van der Waals surface area contributed by atoms with Crippen LogP contribution in [0.4, 0.5) is 17.5 Å². The van der Waals surface area contributed by atoms with Crippen LogP contribution >= 0.6 is 33.7 Å². The fourth-order valence-electron chi connectivity index (χ4n) is 16.2. The second-order valence-corrected chi connectivity index (χ2v) is 47.3. The molecule has 6 aliphatic rings. The van der Waals surface area contributed by atoms with Gasteiger partial charge in [-0.05, 0) is 48.0 Å². The average molecular weight is 2280 g/mol. The predicted molar refractivity (Wildman–Crippen MR) is 517 cm³/mol. The molecule has 10 N–H and O–H groups in total. The van der Waals surface area contributed by atoms with E-state index in [1.165, 1.54) is 95.9 Å². The number of ether oxygens (including phenoxy) is 18. The number of aliphatic hydroxyl groups excluding tert-OH is 1. The molecule has 6 aromatic rings. The van der Waals surface area contributed by atoms with Crippen LogP contribution in [0.5, 0.6) is 0 Å². The number of nitrogens with two attached hydrogens (primary N) is 3. The Morgan fingerprint density at radius 3 is 0.830 bits per heavy atom. The van der Waals surface area contributed by atoms with Gasteiger partial charge in [0, 0.05) is 113 Å². The quantitative estimate of drug-likeness (QED) is 0.0107. The molecular formula is C79H115N15O43P5S5-5. The largest absolute Gasteiger partial charge is 0.780 e. The van der Waals surface area contributed by atoms with E-state index < -0.39 is 271 Å². The van der Waals surface area contributed by atoms with Crippen molar-refractivity contribution < 1.29 is 160 Å². The lowest BCUT2D eigenvalue weighted by Crippen LogP contribution is -2.43. The molecule has 0 aliphatic carbocycles. The third-order valence-electron chi connectivity index (χ3n) is 23.6. The number of anilines is 3. The zero-order valence-corrected chi connectivity index (χ0v) is 89.7. The Hall–Kier alpha value is -6.06. The summed E-state index contributed by atoms with van der Waals surface area (Å²) < 4.78 is 189. The van der Waals surface area contributed by atoms with Gasteiger partial charge in [0.15, 0.2) is 44.2 Å². The van der Waals surface area contributed by atoms with Crippen molar-refractivity contribution in [1.29, 1.82) is 0 Å². The summed E-state index contributed by atoms with van der Waals surface area (Å²) in [5, 5.41) is 11.8. The number of nitrogens with zero attached hydrogens (tertiary/aromatic N) is 9. The summed E-state index contributed by atoms with van der Waals surface area (Å²) >= 11 is 28.2. The normalized spacial score (nSPS) is 29.4. The second kappa shape index (κ2) is 52.9. The monoisotopic (exact) mass is 2280 g/mol. The standard InChI is InChI=1S/C79H120N15O43P5S5/c1-14-44-51(57(117-22-16-111-9)69(127-44)89-27-38(2)62(80)83-74(89)99)133-139(106,144)123-34-48-54(60(120-25-19-114-12)72(131-48)93-31-42(6)66(97)87-78(93)103)136-142(109,147)126-37-49-55(61(121-26-20-115-13)73(132-49)94-32-43(7)67(98)88-79(94)104)137-141(108,146)125-36-47-53(59(119-24-18-113-11)71(130-47)91-29-40(4)64(82)85-76(91)101)135-140(107,145)124-35-46-52(58(118-23-17-112-10)70(129-46)90-28-39(3)63(81)84-75(90)100)134-138(105,143)122-33-45-50(95)56(116-21-15-110-8)68(128-45)92-30-41(5)65(96)86-77(92)102/h27-32,44-61,68-73,95H,14-26,33-37H2,1-13H3,(H,105,143)(H,106,144)(H,107,145)(H,108,146)(H,109,147)(H2,80,83,99)(H2,81,84,100)(H2,82,85,101)(H,86,96,102)(H,87,97,103)(H,88,98,104)/p-5/t44-,45-,46-,47-,48-,49-,50+,51+,52+,53+,54+,55+,56?,57?,58?,59?,60?,61?,68-,69-,70-,71-,72-,73-,138?,139?,140?,141?,142?/m1/s1. The number of rotatable bonds is 56. The van der Waals surface area contributed by atoms with E-state index in [1.54, 1.807) is 13.8 Å². The highest BCUT2D eigenvalue weighted by molar-refractivity contribution is 8.32. The van der Waals surface area contributed by atoms with E-state index in [-0.39, 0.29) is 124 Å². The number of hydrogen-bond acceptors (Lipinski definition) is 54. The van der Waals surface area contributed by atoms with E-state index in [2.05, 4.69) is 29.9 Å². The molecule has 6 fully saturated rings. The summed E-state index contributed by atoms with van der Waals surface area (Å²) in [6.45, 7) is -23.4. The molecule has 6 saturated heterocycles. The first kappa shape index (κ1) is 120. The Kier molecular flexibility index (Phi) is 43.0. The fraction of sp³-hybridized carbons (Fsp3) is 0.696. The summed E-state index contributed by atoms with van der Waals surface area (Å²) in [5.74, 6) is -0.504. The van der Waals surface area contributed by atoms with Crippen LogP contribution in [0.1, 0.15) is 84.1 Å². The van der Waals surface area contributed by atoms with Gasteiger partial charge in [-0.3, -0.25) is 61.3 Å². The van der Waals surface area contributed by atoms with Crippen molar-refractivity contribution in [2.24, 2.45) is 0 Å².